The van der Waals surface area contributed by atoms with Gasteiger partial charge in [-0.3, -0.25) is 14.2 Å². The van der Waals surface area contributed by atoms with E-state index in [0.29, 0.717) is 22.3 Å². The number of thioether (sulfide) groups is 1. The Balaban J connectivity index is 1.48. The molecule has 0 radical (unpaired) electrons. The zero-order valence-corrected chi connectivity index (χ0v) is 21.1. The highest BCUT2D eigenvalue weighted by atomic mass is 32.2. The standard InChI is InChI=1S/C26H25N3O4S2/c1-32-17-12-13-20(33-2)19(14-17)27-22(30)15-34-26-28-24-23(18-10-6-7-11-21(18)35-24)25(31)29(26)16-8-4-3-5-9-16/h3-5,8-9,12-14H,6-7,10-11,15H2,1-2H3,(H,27,30). The molecule has 1 N–H and O–H groups in total. The summed E-state index contributed by atoms with van der Waals surface area (Å²) in [6.45, 7) is 0. The van der Waals surface area contributed by atoms with Gasteiger partial charge in [-0.1, -0.05) is 30.0 Å². The zero-order valence-electron chi connectivity index (χ0n) is 19.5. The minimum Gasteiger partial charge on any atom is -0.497 e. The average molecular weight is 508 g/mol. The Hall–Kier alpha value is -3.30. The van der Waals surface area contributed by atoms with Crippen molar-refractivity contribution >= 4 is 44.9 Å². The normalized spacial score (nSPS) is 12.9. The van der Waals surface area contributed by atoms with Gasteiger partial charge in [0.1, 0.15) is 16.3 Å². The highest BCUT2D eigenvalue weighted by molar-refractivity contribution is 7.99. The molecule has 180 valence electrons. The highest BCUT2D eigenvalue weighted by Gasteiger charge is 2.23. The molecule has 0 fully saturated rings. The van der Waals surface area contributed by atoms with Crippen LogP contribution < -0.4 is 20.3 Å². The summed E-state index contributed by atoms with van der Waals surface area (Å²) in [6.07, 6.45) is 4.14. The van der Waals surface area contributed by atoms with E-state index in [1.807, 2.05) is 30.3 Å². The number of anilines is 1. The van der Waals surface area contributed by atoms with Crippen molar-refractivity contribution in [2.45, 2.75) is 30.8 Å². The molecule has 0 bridgehead atoms. The Bertz CT molecular complexity index is 1450. The summed E-state index contributed by atoms with van der Waals surface area (Å²) >= 11 is 2.85. The van der Waals surface area contributed by atoms with Gasteiger partial charge in [-0.05, 0) is 55.5 Å². The van der Waals surface area contributed by atoms with Gasteiger partial charge < -0.3 is 14.8 Å². The lowest BCUT2D eigenvalue weighted by atomic mass is 9.97. The fraction of sp³-hybridized carbons (Fsp3) is 0.269. The molecule has 35 heavy (non-hydrogen) atoms. The SMILES string of the molecule is COc1ccc(OC)c(NC(=O)CSc2nc3sc4c(c3c(=O)n2-c2ccccc2)CCCC4)c1. The molecule has 2 aromatic carbocycles. The average Bonchev–Trinajstić information content (AvgIpc) is 3.26. The molecule has 0 unspecified atom stereocenters. The molecular weight excluding hydrogens is 482 g/mol. The Morgan fingerprint density at radius 2 is 1.91 bits per heavy atom. The number of thiophene rings is 1. The van der Waals surface area contributed by atoms with E-state index in [-0.39, 0.29) is 17.2 Å². The summed E-state index contributed by atoms with van der Waals surface area (Å²) < 4.78 is 12.2. The number of para-hydroxylation sites is 1. The molecule has 1 amide bonds. The first-order chi connectivity index (χ1) is 17.1. The minimum absolute atomic E-state index is 0.0713. The molecule has 2 aromatic heterocycles. The maximum absolute atomic E-state index is 13.8. The number of aryl methyl sites for hydroxylation is 2. The van der Waals surface area contributed by atoms with Crippen LogP contribution in [0.1, 0.15) is 23.3 Å². The van der Waals surface area contributed by atoms with Crippen LogP contribution in [0.25, 0.3) is 15.9 Å². The molecule has 0 saturated carbocycles. The maximum Gasteiger partial charge on any atom is 0.267 e. The van der Waals surface area contributed by atoms with E-state index in [1.165, 1.54) is 16.6 Å². The van der Waals surface area contributed by atoms with Crippen molar-refractivity contribution in [1.29, 1.82) is 0 Å². The molecule has 0 aliphatic heterocycles. The van der Waals surface area contributed by atoms with Crippen molar-refractivity contribution in [1.82, 2.24) is 9.55 Å². The third-order valence-corrected chi connectivity index (χ3v) is 8.11. The van der Waals surface area contributed by atoms with Crippen molar-refractivity contribution < 1.29 is 14.3 Å². The number of aromatic nitrogens is 2. The van der Waals surface area contributed by atoms with Crippen molar-refractivity contribution in [3.63, 3.8) is 0 Å². The van der Waals surface area contributed by atoms with Crippen LogP contribution in [-0.4, -0.2) is 35.4 Å². The Kier molecular flexibility index (Phi) is 6.79. The van der Waals surface area contributed by atoms with Gasteiger partial charge in [-0.2, -0.15) is 0 Å². The predicted molar refractivity (Wildman–Crippen MR) is 141 cm³/mol. The van der Waals surface area contributed by atoms with Crippen LogP contribution in [0, 0.1) is 0 Å². The summed E-state index contributed by atoms with van der Waals surface area (Å²) in [5, 5.41) is 4.11. The highest BCUT2D eigenvalue weighted by Crippen LogP contribution is 2.35. The number of hydrogen-bond acceptors (Lipinski definition) is 7. The molecule has 1 aliphatic carbocycles. The van der Waals surface area contributed by atoms with Gasteiger partial charge >= 0.3 is 0 Å². The van der Waals surface area contributed by atoms with Crippen molar-refractivity contribution in [3.8, 4) is 17.2 Å². The number of carbonyl (C=O) groups excluding carboxylic acids is 1. The maximum atomic E-state index is 13.8. The quantitative estimate of drug-likeness (QED) is 0.278. The lowest BCUT2D eigenvalue weighted by Crippen LogP contribution is -2.23. The van der Waals surface area contributed by atoms with Gasteiger partial charge in [0.25, 0.3) is 5.56 Å². The van der Waals surface area contributed by atoms with Gasteiger partial charge in [0.05, 0.1) is 36.7 Å². The number of fused-ring (bicyclic) bond motifs is 3. The van der Waals surface area contributed by atoms with Crippen LogP contribution in [0.15, 0.2) is 58.5 Å². The number of rotatable bonds is 7. The number of benzene rings is 2. The van der Waals surface area contributed by atoms with Crippen molar-refractivity contribution in [2.24, 2.45) is 0 Å². The summed E-state index contributed by atoms with van der Waals surface area (Å²) in [5.41, 5.74) is 2.34. The number of hydrogen-bond donors (Lipinski definition) is 1. The minimum atomic E-state index is -0.235. The molecule has 0 spiro atoms. The van der Waals surface area contributed by atoms with E-state index in [2.05, 4.69) is 5.32 Å². The first-order valence-corrected chi connectivity index (χ1v) is 13.2. The predicted octanol–water partition coefficient (Wildman–Crippen LogP) is 5.07. The van der Waals surface area contributed by atoms with Crippen LogP contribution in [-0.2, 0) is 17.6 Å². The second kappa shape index (κ2) is 10.1. The second-order valence-electron chi connectivity index (χ2n) is 8.16. The topological polar surface area (TPSA) is 82.5 Å². The Labute approximate surface area is 211 Å². The number of carbonyl (C=O) groups is 1. The fourth-order valence-corrected chi connectivity index (χ4v) is 6.43. The van der Waals surface area contributed by atoms with E-state index in [4.69, 9.17) is 14.5 Å². The Morgan fingerprint density at radius 3 is 2.69 bits per heavy atom. The third kappa shape index (κ3) is 4.66. The number of ether oxygens (including phenoxy) is 2. The molecule has 5 rings (SSSR count). The lowest BCUT2D eigenvalue weighted by Gasteiger charge is -2.14. The summed E-state index contributed by atoms with van der Waals surface area (Å²) in [6, 6.07) is 14.7. The molecule has 7 nitrogen and oxygen atoms in total. The first kappa shape index (κ1) is 23.4. The van der Waals surface area contributed by atoms with Crippen molar-refractivity contribution in [3.05, 3.63) is 69.3 Å². The molecule has 0 atom stereocenters. The number of amides is 1. The molecular formula is C26H25N3O4S2. The number of nitrogens with one attached hydrogen (secondary N) is 1. The zero-order chi connectivity index (χ0) is 24.4. The van der Waals surface area contributed by atoms with Crippen molar-refractivity contribution in [2.75, 3.05) is 25.3 Å². The second-order valence-corrected chi connectivity index (χ2v) is 10.2. The summed E-state index contributed by atoms with van der Waals surface area (Å²) in [4.78, 5) is 33.5. The van der Waals surface area contributed by atoms with Crippen LogP contribution in [0.5, 0.6) is 11.5 Å². The molecule has 2 heterocycles. The van der Waals surface area contributed by atoms with Crippen LogP contribution in [0.3, 0.4) is 0 Å². The van der Waals surface area contributed by atoms with Crippen LogP contribution >= 0.6 is 23.1 Å². The van der Waals surface area contributed by atoms with E-state index in [1.54, 1.807) is 48.3 Å². The summed E-state index contributed by atoms with van der Waals surface area (Å²) in [7, 11) is 3.11. The van der Waals surface area contributed by atoms with Crippen LogP contribution in [0.4, 0.5) is 5.69 Å². The van der Waals surface area contributed by atoms with E-state index >= 15 is 0 Å². The van der Waals surface area contributed by atoms with Gasteiger partial charge in [-0.25, -0.2) is 4.98 Å². The van der Waals surface area contributed by atoms with Gasteiger partial charge in [0.15, 0.2) is 5.16 Å². The molecule has 1 aliphatic rings. The lowest BCUT2D eigenvalue weighted by molar-refractivity contribution is -0.113. The van der Waals surface area contributed by atoms with E-state index < -0.39 is 0 Å². The fourth-order valence-electron chi connectivity index (χ4n) is 4.32. The van der Waals surface area contributed by atoms with Gasteiger partial charge in [0, 0.05) is 10.9 Å². The first-order valence-electron chi connectivity index (χ1n) is 11.4. The van der Waals surface area contributed by atoms with E-state index in [0.717, 1.165) is 47.2 Å². The molecule has 0 saturated heterocycles. The Morgan fingerprint density at radius 1 is 1.11 bits per heavy atom. The smallest absolute Gasteiger partial charge is 0.267 e. The summed E-state index contributed by atoms with van der Waals surface area (Å²) in [5.74, 6) is 0.992. The monoisotopic (exact) mass is 507 g/mol. The van der Waals surface area contributed by atoms with Gasteiger partial charge in [-0.15, -0.1) is 11.3 Å². The molecule has 4 aromatic rings. The van der Waals surface area contributed by atoms with Gasteiger partial charge in [0.2, 0.25) is 5.91 Å². The third-order valence-electron chi connectivity index (χ3n) is 5.99. The van der Waals surface area contributed by atoms with Crippen LogP contribution in [0.2, 0.25) is 0 Å². The molecule has 9 heteroatoms. The number of methoxy groups -OCH3 is 2. The largest absolute Gasteiger partial charge is 0.497 e. The number of nitrogens with zero attached hydrogens (tertiary/aromatic N) is 2. The van der Waals surface area contributed by atoms with E-state index in [9.17, 15) is 9.59 Å².